The van der Waals surface area contributed by atoms with E-state index in [1.54, 1.807) is 0 Å². The average molecular weight is 240 g/mol. The number of rotatable bonds is 3. The summed E-state index contributed by atoms with van der Waals surface area (Å²) in [5.41, 5.74) is 5.29. The van der Waals surface area contributed by atoms with Crippen molar-refractivity contribution >= 4 is 10.9 Å². The van der Waals surface area contributed by atoms with Gasteiger partial charge in [-0.25, -0.2) is 0 Å². The van der Waals surface area contributed by atoms with Gasteiger partial charge in [-0.15, -0.1) is 5.92 Å². The highest BCUT2D eigenvalue weighted by Crippen LogP contribution is 2.26. The zero-order valence-corrected chi connectivity index (χ0v) is 11.6. The number of benzene rings is 1. The highest BCUT2D eigenvalue weighted by molar-refractivity contribution is 5.86. The highest BCUT2D eigenvalue weighted by Gasteiger charge is 2.10. The molecule has 1 aromatic carbocycles. The molecule has 2 rings (SSSR count). The van der Waals surface area contributed by atoms with Gasteiger partial charge in [0.15, 0.2) is 0 Å². The van der Waals surface area contributed by atoms with Crippen LogP contribution in [0.1, 0.15) is 23.7 Å². The van der Waals surface area contributed by atoms with Gasteiger partial charge in [-0.2, -0.15) is 0 Å². The molecule has 0 atom stereocenters. The van der Waals surface area contributed by atoms with Crippen molar-refractivity contribution in [3.05, 3.63) is 35.0 Å². The summed E-state index contributed by atoms with van der Waals surface area (Å²) in [5.74, 6) is 6.12. The lowest BCUT2D eigenvalue weighted by Crippen LogP contribution is -2.04. The highest BCUT2D eigenvalue weighted by atomic mass is 15.0. The molecule has 0 aliphatic carbocycles. The molecule has 1 heterocycles. The summed E-state index contributed by atoms with van der Waals surface area (Å²) in [5, 5.41) is 4.54. The van der Waals surface area contributed by atoms with E-state index >= 15 is 0 Å². The molecule has 0 saturated heterocycles. The zero-order valence-electron chi connectivity index (χ0n) is 11.6. The topological polar surface area (TPSA) is 17.0 Å². The molecule has 0 aliphatic heterocycles. The number of hydrogen-bond donors (Lipinski definition) is 1. The third-order valence-electron chi connectivity index (χ3n) is 3.50. The van der Waals surface area contributed by atoms with E-state index in [4.69, 9.17) is 0 Å². The van der Waals surface area contributed by atoms with Gasteiger partial charge < -0.3 is 9.88 Å². The number of fused-ring (bicyclic) bond motifs is 1. The van der Waals surface area contributed by atoms with E-state index in [0.29, 0.717) is 0 Å². The molecule has 0 saturated carbocycles. The predicted octanol–water partition coefficient (Wildman–Crippen LogP) is 3.00. The molecule has 0 fully saturated rings. The van der Waals surface area contributed by atoms with Crippen molar-refractivity contribution in [3.8, 4) is 11.8 Å². The minimum absolute atomic E-state index is 0.776. The van der Waals surface area contributed by atoms with Crippen molar-refractivity contribution in [2.75, 3.05) is 7.05 Å². The van der Waals surface area contributed by atoms with Crippen molar-refractivity contribution in [1.29, 1.82) is 0 Å². The minimum Gasteiger partial charge on any atom is -0.333 e. The van der Waals surface area contributed by atoms with Gasteiger partial charge in [0, 0.05) is 23.1 Å². The van der Waals surface area contributed by atoms with Gasteiger partial charge in [0.25, 0.3) is 0 Å². The van der Waals surface area contributed by atoms with E-state index < -0.39 is 0 Å². The molecule has 94 valence electrons. The molecule has 0 radical (unpaired) electrons. The van der Waals surface area contributed by atoms with Crippen LogP contribution in [-0.2, 0) is 13.1 Å². The smallest absolute Gasteiger partial charge is 0.0840 e. The van der Waals surface area contributed by atoms with Crippen molar-refractivity contribution in [3.63, 3.8) is 0 Å². The number of hydrogen-bond acceptors (Lipinski definition) is 1. The monoisotopic (exact) mass is 240 g/mol. The minimum atomic E-state index is 0.776. The Labute approximate surface area is 109 Å². The van der Waals surface area contributed by atoms with Crippen LogP contribution in [0.2, 0.25) is 0 Å². The second kappa shape index (κ2) is 5.29. The molecule has 2 aromatic rings. The molecule has 0 amide bonds. The largest absolute Gasteiger partial charge is 0.333 e. The summed E-state index contributed by atoms with van der Waals surface area (Å²) in [6.45, 7) is 7.94. The van der Waals surface area contributed by atoms with Crippen LogP contribution in [0, 0.1) is 25.7 Å². The summed E-state index contributed by atoms with van der Waals surface area (Å²) < 4.78 is 2.30. The Morgan fingerprint density at radius 1 is 1.28 bits per heavy atom. The summed E-state index contributed by atoms with van der Waals surface area (Å²) in [4.78, 5) is 0. The Hall–Kier alpha value is -1.72. The van der Waals surface area contributed by atoms with Crippen LogP contribution in [0.4, 0.5) is 0 Å². The van der Waals surface area contributed by atoms with Gasteiger partial charge in [0.05, 0.1) is 6.54 Å². The molecular weight excluding hydrogens is 220 g/mol. The zero-order chi connectivity index (χ0) is 13.1. The first-order chi connectivity index (χ1) is 8.69. The van der Waals surface area contributed by atoms with E-state index in [1.165, 1.54) is 27.7 Å². The van der Waals surface area contributed by atoms with Crippen LogP contribution in [0.5, 0.6) is 0 Å². The fourth-order valence-electron chi connectivity index (χ4n) is 2.37. The molecular formula is C16H20N2. The normalized spacial score (nSPS) is 10.4. The van der Waals surface area contributed by atoms with E-state index in [1.807, 2.05) is 14.0 Å². The number of aromatic nitrogens is 1. The Morgan fingerprint density at radius 3 is 2.72 bits per heavy atom. The van der Waals surface area contributed by atoms with E-state index in [9.17, 15) is 0 Å². The lowest BCUT2D eigenvalue weighted by Gasteiger charge is -2.04. The lowest BCUT2D eigenvalue weighted by molar-refractivity contribution is 0.818. The molecule has 0 aliphatic rings. The van der Waals surface area contributed by atoms with Crippen molar-refractivity contribution in [2.45, 2.75) is 33.9 Å². The third kappa shape index (κ3) is 2.14. The van der Waals surface area contributed by atoms with Crippen LogP contribution in [0.15, 0.2) is 18.2 Å². The van der Waals surface area contributed by atoms with E-state index in [0.717, 1.165) is 13.1 Å². The molecule has 1 aromatic heterocycles. The molecule has 0 spiro atoms. The lowest BCUT2D eigenvalue weighted by atomic mass is 10.1. The fraction of sp³-hybridized carbons (Fsp3) is 0.375. The van der Waals surface area contributed by atoms with Gasteiger partial charge in [-0.3, -0.25) is 0 Å². The van der Waals surface area contributed by atoms with Gasteiger partial charge >= 0.3 is 0 Å². The number of nitrogens with zero attached hydrogens (tertiary/aromatic N) is 1. The average Bonchev–Trinajstić information content (AvgIpc) is 2.61. The Kier molecular flexibility index (Phi) is 3.74. The predicted molar refractivity (Wildman–Crippen MR) is 77.6 cm³/mol. The van der Waals surface area contributed by atoms with Crippen molar-refractivity contribution in [1.82, 2.24) is 9.88 Å². The van der Waals surface area contributed by atoms with Crippen LogP contribution >= 0.6 is 0 Å². The molecule has 18 heavy (non-hydrogen) atoms. The van der Waals surface area contributed by atoms with Crippen LogP contribution in [-0.4, -0.2) is 11.6 Å². The maximum Gasteiger partial charge on any atom is 0.0840 e. The quantitative estimate of drug-likeness (QED) is 0.816. The van der Waals surface area contributed by atoms with Crippen molar-refractivity contribution in [2.24, 2.45) is 0 Å². The first kappa shape index (κ1) is 12.7. The Morgan fingerprint density at radius 2 is 2.06 bits per heavy atom. The second-order valence-corrected chi connectivity index (χ2v) is 4.61. The first-order valence-electron chi connectivity index (χ1n) is 6.31. The maximum atomic E-state index is 3.19. The van der Waals surface area contributed by atoms with Gasteiger partial charge in [0.2, 0.25) is 0 Å². The maximum absolute atomic E-state index is 3.19. The Balaban J connectivity index is 2.58. The molecule has 0 unspecified atom stereocenters. The molecule has 1 N–H and O–H groups in total. The van der Waals surface area contributed by atoms with Gasteiger partial charge in [0.1, 0.15) is 0 Å². The second-order valence-electron chi connectivity index (χ2n) is 4.61. The molecule has 2 heteroatoms. The Bertz CT molecular complexity index is 624. The van der Waals surface area contributed by atoms with Gasteiger partial charge in [-0.05, 0) is 51.1 Å². The summed E-state index contributed by atoms with van der Waals surface area (Å²) in [7, 11) is 1.98. The standard InChI is InChI=1S/C16H20N2/c1-5-6-9-18-13(3)12(2)15-10-14(11-17-4)7-8-16(15)18/h7-8,10,17H,9,11H2,1-4H3. The van der Waals surface area contributed by atoms with Gasteiger partial charge in [-0.1, -0.05) is 12.0 Å². The third-order valence-corrected chi connectivity index (χ3v) is 3.50. The van der Waals surface area contributed by atoms with E-state index in [-0.39, 0.29) is 0 Å². The number of nitrogens with one attached hydrogen (secondary N) is 1. The summed E-state index contributed by atoms with van der Waals surface area (Å²) >= 11 is 0. The number of aryl methyl sites for hydroxylation is 1. The van der Waals surface area contributed by atoms with Crippen LogP contribution in [0.25, 0.3) is 10.9 Å². The first-order valence-corrected chi connectivity index (χ1v) is 6.31. The summed E-state index contributed by atoms with van der Waals surface area (Å²) in [6.07, 6.45) is 0. The van der Waals surface area contributed by atoms with Crippen molar-refractivity contribution < 1.29 is 0 Å². The molecule has 2 nitrogen and oxygen atoms in total. The SMILES string of the molecule is CC#CCn1c(C)c(C)c2cc(CNC)ccc21. The van der Waals surface area contributed by atoms with E-state index in [2.05, 4.69) is 53.8 Å². The van der Waals surface area contributed by atoms with Crippen LogP contribution < -0.4 is 5.32 Å². The molecule has 0 bridgehead atoms. The summed E-state index contributed by atoms with van der Waals surface area (Å²) in [6, 6.07) is 6.68. The van der Waals surface area contributed by atoms with Crippen LogP contribution in [0.3, 0.4) is 0 Å². The fourth-order valence-corrected chi connectivity index (χ4v) is 2.37.